The normalized spacial score (nSPS) is 12.1. The van der Waals surface area contributed by atoms with Crippen molar-refractivity contribution >= 4 is 11.9 Å². The van der Waals surface area contributed by atoms with E-state index in [1.807, 2.05) is 0 Å². The van der Waals surface area contributed by atoms with Crippen LogP contribution in [0.4, 0.5) is 0 Å². The van der Waals surface area contributed by atoms with E-state index in [2.05, 4.69) is 20.8 Å². The fourth-order valence-corrected chi connectivity index (χ4v) is 5.98. The first-order valence-corrected chi connectivity index (χ1v) is 19.9. The van der Waals surface area contributed by atoms with Crippen molar-refractivity contribution in [3.63, 3.8) is 0 Å². The van der Waals surface area contributed by atoms with Gasteiger partial charge in [0.1, 0.15) is 19.3 Å². The highest BCUT2D eigenvalue weighted by atomic mass is 16.6. The highest BCUT2D eigenvalue weighted by Crippen LogP contribution is 2.16. The van der Waals surface area contributed by atoms with Crippen LogP contribution in [0.15, 0.2) is 0 Å². The predicted octanol–water partition coefficient (Wildman–Crippen LogP) is 12.2. The molecule has 0 saturated carbocycles. The van der Waals surface area contributed by atoms with Gasteiger partial charge in [0.2, 0.25) is 0 Å². The summed E-state index contributed by atoms with van der Waals surface area (Å²) in [5.41, 5.74) is 0. The largest absolute Gasteiger partial charge is 0.463 e. The molecule has 0 saturated heterocycles. The molecule has 0 radical (unpaired) electrons. The number of aliphatic hydroxyl groups is 1. The lowest BCUT2D eigenvalue weighted by Gasteiger charge is -2.12. The van der Waals surface area contributed by atoms with Gasteiger partial charge >= 0.3 is 11.9 Å². The number of hydrogen-bond donors (Lipinski definition) is 1. The predicted molar refractivity (Wildman–Crippen MR) is 192 cm³/mol. The Morgan fingerprint density at radius 1 is 0.444 bits per heavy atom. The molecule has 0 aliphatic heterocycles. The summed E-state index contributed by atoms with van der Waals surface area (Å²) in [5.74, 6) is 0.308. The molecular weight excluding hydrogens is 560 g/mol. The number of rotatable bonds is 36. The van der Waals surface area contributed by atoms with Crippen molar-refractivity contribution in [1.82, 2.24) is 0 Å². The van der Waals surface area contributed by atoms with Crippen LogP contribution < -0.4 is 0 Å². The fourth-order valence-electron chi connectivity index (χ4n) is 5.98. The first-order chi connectivity index (χ1) is 22.0. The molecule has 0 aliphatic carbocycles. The van der Waals surface area contributed by atoms with Gasteiger partial charge in [-0.3, -0.25) is 9.59 Å². The topological polar surface area (TPSA) is 72.8 Å². The molecule has 5 heteroatoms. The van der Waals surface area contributed by atoms with E-state index in [9.17, 15) is 14.7 Å². The number of aliphatic hydroxyl groups excluding tert-OH is 1. The third-order valence-electron chi connectivity index (χ3n) is 9.02. The molecule has 1 atom stereocenters. The molecular formula is C40H78O5. The van der Waals surface area contributed by atoms with E-state index in [0.29, 0.717) is 12.8 Å². The minimum absolute atomic E-state index is 0.108. The highest BCUT2D eigenvalue weighted by molar-refractivity contribution is 5.69. The van der Waals surface area contributed by atoms with Crippen LogP contribution in [0.3, 0.4) is 0 Å². The molecule has 0 aromatic heterocycles. The summed E-state index contributed by atoms with van der Waals surface area (Å²) in [5, 5.41) is 10.00. The van der Waals surface area contributed by atoms with Crippen molar-refractivity contribution in [3.05, 3.63) is 0 Å². The monoisotopic (exact) mass is 639 g/mol. The van der Waals surface area contributed by atoms with Crippen molar-refractivity contribution in [2.45, 2.75) is 226 Å². The molecule has 0 aromatic carbocycles. The molecule has 0 fully saturated rings. The van der Waals surface area contributed by atoms with Crippen LogP contribution in [0.5, 0.6) is 0 Å². The van der Waals surface area contributed by atoms with Gasteiger partial charge in [0.15, 0.2) is 0 Å². The zero-order chi connectivity index (χ0) is 33.1. The molecule has 0 bridgehead atoms. The summed E-state index contributed by atoms with van der Waals surface area (Å²) < 4.78 is 10.3. The Bertz CT molecular complexity index is 620. The van der Waals surface area contributed by atoms with Gasteiger partial charge in [-0.15, -0.1) is 0 Å². The lowest BCUT2D eigenvalue weighted by atomic mass is 10.0. The summed E-state index contributed by atoms with van der Waals surface area (Å²) in [6.45, 7) is 6.68. The van der Waals surface area contributed by atoms with Gasteiger partial charge in [-0.25, -0.2) is 0 Å². The molecule has 0 aliphatic rings. The average Bonchev–Trinajstić information content (AvgIpc) is 3.02. The number of unbranched alkanes of at least 4 members (excludes halogenated alkanes) is 26. The third-order valence-corrected chi connectivity index (χ3v) is 9.02. The van der Waals surface area contributed by atoms with Crippen molar-refractivity contribution in [2.24, 2.45) is 5.92 Å². The summed E-state index contributed by atoms with van der Waals surface area (Å²) in [7, 11) is 0. The van der Waals surface area contributed by atoms with E-state index < -0.39 is 6.10 Å². The number of hydrogen-bond acceptors (Lipinski definition) is 5. The minimum Gasteiger partial charge on any atom is -0.463 e. The standard InChI is InChI=1S/C40H78O5/c1-4-5-6-7-8-9-10-18-21-24-27-30-33-39(42)44-35-38(41)36-45-40(43)34-31-28-25-22-19-16-14-12-11-13-15-17-20-23-26-29-32-37(2)3/h37-38,41H,4-36H2,1-3H3/t38-/m0/s1. The molecule has 0 rings (SSSR count). The smallest absolute Gasteiger partial charge is 0.305 e. The lowest BCUT2D eigenvalue weighted by molar-refractivity contribution is -0.152. The van der Waals surface area contributed by atoms with Crippen LogP contribution in [0.2, 0.25) is 0 Å². The zero-order valence-electron chi connectivity index (χ0n) is 30.6. The summed E-state index contributed by atoms with van der Waals surface area (Å²) in [4.78, 5) is 23.9. The molecule has 0 aromatic rings. The van der Waals surface area contributed by atoms with Gasteiger partial charge in [-0.1, -0.05) is 194 Å². The molecule has 0 unspecified atom stereocenters. The van der Waals surface area contributed by atoms with Crippen molar-refractivity contribution in [1.29, 1.82) is 0 Å². The number of esters is 2. The van der Waals surface area contributed by atoms with E-state index in [1.165, 1.54) is 161 Å². The van der Waals surface area contributed by atoms with E-state index in [-0.39, 0.29) is 25.2 Å². The maximum Gasteiger partial charge on any atom is 0.305 e. The molecule has 1 N–H and O–H groups in total. The average molecular weight is 639 g/mol. The van der Waals surface area contributed by atoms with Crippen molar-refractivity contribution in [3.8, 4) is 0 Å². The van der Waals surface area contributed by atoms with Gasteiger partial charge in [-0.05, 0) is 18.8 Å². The second-order valence-electron chi connectivity index (χ2n) is 14.2. The summed E-state index contributed by atoms with van der Waals surface area (Å²) in [6, 6.07) is 0. The maximum absolute atomic E-state index is 12.0. The highest BCUT2D eigenvalue weighted by Gasteiger charge is 2.12. The second-order valence-corrected chi connectivity index (χ2v) is 14.2. The number of ether oxygens (including phenoxy) is 2. The fraction of sp³-hybridized carbons (Fsp3) is 0.950. The molecule has 0 amide bonds. The first kappa shape index (κ1) is 43.9. The van der Waals surface area contributed by atoms with Gasteiger partial charge in [0.05, 0.1) is 0 Å². The van der Waals surface area contributed by atoms with Crippen LogP contribution >= 0.6 is 0 Å². The first-order valence-electron chi connectivity index (χ1n) is 19.9. The molecule has 5 nitrogen and oxygen atoms in total. The van der Waals surface area contributed by atoms with Crippen LogP contribution in [0.25, 0.3) is 0 Å². The van der Waals surface area contributed by atoms with E-state index >= 15 is 0 Å². The lowest BCUT2D eigenvalue weighted by Crippen LogP contribution is -2.25. The summed E-state index contributed by atoms with van der Waals surface area (Å²) in [6.07, 6.45) is 37.3. The second kappa shape index (κ2) is 35.7. The number of carbonyl (C=O) groups is 2. The Labute approximate surface area is 280 Å². The molecule has 268 valence electrons. The van der Waals surface area contributed by atoms with Crippen LogP contribution in [0.1, 0.15) is 220 Å². The van der Waals surface area contributed by atoms with Crippen LogP contribution in [-0.2, 0) is 19.1 Å². The Morgan fingerprint density at radius 3 is 1.00 bits per heavy atom. The molecule has 0 heterocycles. The Kier molecular flexibility index (Phi) is 34.9. The van der Waals surface area contributed by atoms with Gasteiger partial charge < -0.3 is 14.6 Å². The van der Waals surface area contributed by atoms with E-state index in [1.54, 1.807) is 0 Å². The van der Waals surface area contributed by atoms with Crippen molar-refractivity contribution < 1.29 is 24.2 Å². The summed E-state index contributed by atoms with van der Waals surface area (Å²) >= 11 is 0. The quantitative estimate of drug-likeness (QED) is 0.0546. The SMILES string of the molecule is CCCCCCCCCCCCCCC(=O)OC[C@H](O)COC(=O)CCCCCCCCCCCCCCCCCCC(C)C. The number of carbonyl (C=O) groups excluding carboxylic acids is 2. The Hall–Kier alpha value is -1.10. The van der Waals surface area contributed by atoms with Crippen LogP contribution in [-0.4, -0.2) is 36.4 Å². The third kappa shape index (κ3) is 37.2. The van der Waals surface area contributed by atoms with Crippen molar-refractivity contribution in [2.75, 3.05) is 13.2 Å². The van der Waals surface area contributed by atoms with Crippen LogP contribution in [0, 0.1) is 5.92 Å². The molecule has 45 heavy (non-hydrogen) atoms. The van der Waals surface area contributed by atoms with Gasteiger partial charge in [-0.2, -0.15) is 0 Å². The Morgan fingerprint density at radius 2 is 0.711 bits per heavy atom. The van der Waals surface area contributed by atoms with Gasteiger partial charge in [0.25, 0.3) is 0 Å². The van der Waals surface area contributed by atoms with E-state index in [0.717, 1.165) is 31.6 Å². The molecule has 0 spiro atoms. The Balaban J connectivity index is 3.36. The maximum atomic E-state index is 12.0. The minimum atomic E-state index is -0.954. The zero-order valence-corrected chi connectivity index (χ0v) is 30.6. The van der Waals surface area contributed by atoms with Gasteiger partial charge in [0, 0.05) is 12.8 Å². The van der Waals surface area contributed by atoms with E-state index in [4.69, 9.17) is 9.47 Å².